The molecular weight excluding hydrogens is 423 g/mol. The van der Waals surface area contributed by atoms with Gasteiger partial charge in [-0.15, -0.1) is 0 Å². The summed E-state index contributed by atoms with van der Waals surface area (Å²) in [6, 6.07) is 0. The first-order valence-electron chi connectivity index (χ1n) is 7.69. The van der Waals surface area contributed by atoms with E-state index in [1.54, 1.807) is 0 Å². The summed E-state index contributed by atoms with van der Waals surface area (Å²) in [7, 11) is 0. The summed E-state index contributed by atoms with van der Waals surface area (Å²) in [5.41, 5.74) is 3.89. The number of imidazole rings is 1. The van der Waals surface area contributed by atoms with E-state index in [9.17, 15) is 40.9 Å². The smallest absolute Gasteiger partial charge is 0.394 e. The number of rotatable bonds is 4. The Hall–Kier alpha value is -2.30. The fourth-order valence-electron chi connectivity index (χ4n) is 2.80. The van der Waals surface area contributed by atoms with Gasteiger partial charge in [-0.05, 0) is 0 Å². The van der Waals surface area contributed by atoms with E-state index in [0.29, 0.717) is 6.33 Å². The number of halogens is 7. The average Bonchev–Trinajstić information content (AvgIpc) is 3.14. The Bertz CT molecular complexity index is 921. The molecule has 0 radical (unpaired) electrons. The number of ether oxygens (including phenoxy) is 1. The second kappa shape index (κ2) is 6.61. The van der Waals surface area contributed by atoms with Crippen molar-refractivity contribution >= 4 is 17.0 Å². The van der Waals surface area contributed by atoms with Gasteiger partial charge in [-0.1, -0.05) is 0 Å². The molecule has 0 aromatic carbocycles. The van der Waals surface area contributed by atoms with Crippen LogP contribution in [-0.2, 0) is 10.7 Å². The summed E-state index contributed by atoms with van der Waals surface area (Å²) in [6.45, 7) is -0.928. The number of aromatic nitrogens is 4. The predicted octanol–water partition coefficient (Wildman–Crippen LogP) is 0.309. The van der Waals surface area contributed by atoms with Gasteiger partial charge in [-0.2, -0.15) is 30.7 Å². The Kier molecular flexibility index (Phi) is 4.88. The van der Waals surface area contributed by atoms with E-state index in [0.717, 1.165) is 0 Å². The number of nitrogens with two attached hydrogens (primary N) is 1. The number of fused-ring (bicyclic) bond motifs is 1. The van der Waals surface area contributed by atoms with Gasteiger partial charge in [0.25, 0.3) is 0 Å². The number of hydrogen-bond donors (Lipinski definition) is 4. The van der Waals surface area contributed by atoms with Crippen molar-refractivity contribution in [2.24, 2.45) is 0 Å². The SMILES string of the molecule is Nc1ncnc2c1nc(C(F)(F)C(F)(F)C(F)(F)F)n2C1OC(CO)C(O)C1O. The number of nitrogens with zero attached hydrogens (tertiary/aromatic N) is 4. The molecule has 5 N–H and O–H groups in total. The van der Waals surface area contributed by atoms with Crippen LogP contribution in [0.1, 0.15) is 12.1 Å². The van der Waals surface area contributed by atoms with Gasteiger partial charge in [0.15, 0.2) is 29.0 Å². The summed E-state index contributed by atoms with van der Waals surface area (Å²) in [5, 5.41) is 29.0. The highest BCUT2D eigenvalue weighted by Crippen LogP contribution is 2.52. The summed E-state index contributed by atoms with van der Waals surface area (Å²) >= 11 is 0. The van der Waals surface area contributed by atoms with Crippen LogP contribution in [0.3, 0.4) is 0 Å². The second-order valence-corrected chi connectivity index (χ2v) is 6.11. The fraction of sp³-hybridized carbons (Fsp3) is 0.615. The largest absolute Gasteiger partial charge is 0.460 e. The zero-order valence-electron chi connectivity index (χ0n) is 13.9. The van der Waals surface area contributed by atoms with Crippen molar-refractivity contribution in [3.05, 3.63) is 12.2 Å². The van der Waals surface area contributed by atoms with Crippen molar-refractivity contribution in [1.29, 1.82) is 0 Å². The minimum Gasteiger partial charge on any atom is -0.394 e. The molecule has 1 saturated heterocycles. The Balaban J connectivity index is 2.29. The zero-order chi connectivity index (χ0) is 21.9. The van der Waals surface area contributed by atoms with Gasteiger partial charge in [0.1, 0.15) is 24.6 Å². The molecule has 162 valence electrons. The van der Waals surface area contributed by atoms with E-state index in [1.807, 2.05) is 0 Å². The predicted molar refractivity (Wildman–Crippen MR) is 77.6 cm³/mol. The standard InChI is InChI=1S/C13H12F7N5O4/c14-11(15,12(16,17)13(18,19)20)10-24-4-7(21)22-2-23-8(4)25(10)9-6(28)5(27)3(1-26)29-9/h2-3,5-6,9,26-28H,1H2,(H2,21,22,23). The molecule has 2 aromatic heterocycles. The Morgan fingerprint density at radius 1 is 1.07 bits per heavy atom. The van der Waals surface area contributed by atoms with Crippen molar-refractivity contribution in [2.75, 3.05) is 12.3 Å². The van der Waals surface area contributed by atoms with E-state index in [4.69, 9.17) is 15.6 Å². The molecule has 0 spiro atoms. The number of alkyl halides is 7. The molecule has 0 aliphatic carbocycles. The summed E-state index contributed by atoms with van der Waals surface area (Å²) in [6.07, 6.45) is -13.7. The van der Waals surface area contributed by atoms with Crippen LogP contribution in [-0.4, -0.2) is 71.9 Å². The van der Waals surface area contributed by atoms with Gasteiger partial charge in [0, 0.05) is 0 Å². The first-order valence-corrected chi connectivity index (χ1v) is 7.69. The average molecular weight is 435 g/mol. The van der Waals surface area contributed by atoms with Crippen LogP contribution in [0, 0.1) is 0 Å². The lowest BCUT2D eigenvalue weighted by Gasteiger charge is -2.29. The van der Waals surface area contributed by atoms with Crippen LogP contribution < -0.4 is 5.73 Å². The first kappa shape index (κ1) is 21.4. The van der Waals surface area contributed by atoms with E-state index in [2.05, 4.69) is 15.0 Å². The molecule has 29 heavy (non-hydrogen) atoms. The van der Waals surface area contributed by atoms with E-state index in [-0.39, 0.29) is 4.57 Å². The summed E-state index contributed by atoms with van der Waals surface area (Å²) in [5.74, 6) is -15.4. The van der Waals surface area contributed by atoms with Crippen LogP contribution in [0.4, 0.5) is 36.6 Å². The third-order valence-corrected chi connectivity index (χ3v) is 4.31. The molecule has 9 nitrogen and oxygen atoms in total. The van der Waals surface area contributed by atoms with Crippen molar-refractivity contribution in [3.63, 3.8) is 0 Å². The lowest BCUT2D eigenvalue weighted by atomic mass is 10.1. The molecule has 3 rings (SSSR count). The van der Waals surface area contributed by atoms with Crippen molar-refractivity contribution < 1.29 is 50.8 Å². The van der Waals surface area contributed by atoms with E-state index >= 15 is 0 Å². The molecule has 0 bridgehead atoms. The molecule has 4 unspecified atom stereocenters. The molecule has 0 amide bonds. The van der Waals surface area contributed by atoms with Gasteiger partial charge in [0.2, 0.25) is 0 Å². The van der Waals surface area contributed by atoms with Gasteiger partial charge in [-0.3, -0.25) is 4.57 Å². The maximum atomic E-state index is 14.4. The van der Waals surface area contributed by atoms with Crippen LogP contribution in [0.5, 0.6) is 0 Å². The molecule has 4 atom stereocenters. The molecule has 2 aromatic rings. The minimum atomic E-state index is -6.67. The van der Waals surface area contributed by atoms with Crippen LogP contribution in [0.15, 0.2) is 6.33 Å². The van der Waals surface area contributed by atoms with Crippen molar-refractivity contribution in [2.45, 2.75) is 42.6 Å². The molecular formula is C13H12F7N5O4. The second-order valence-electron chi connectivity index (χ2n) is 6.11. The van der Waals surface area contributed by atoms with Crippen molar-refractivity contribution in [3.8, 4) is 0 Å². The minimum absolute atomic E-state index is 0.0312. The third kappa shape index (κ3) is 2.97. The normalized spacial score (nSPS) is 26.4. The lowest BCUT2D eigenvalue weighted by Crippen LogP contribution is -2.51. The topological polar surface area (TPSA) is 140 Å². The number of anilines is 1. The lowest BCUT2D eigenvalue weighted by molar-refractivity contribution is -0.362. The quantitative estimate of drug-likeness (QED) is 0.504. The highest BCUT2D eigenvalue weighted by atomic mass is 19.4. The summed E-state index contributed by atoms with van der Waals surface area (Å²) in [4.78, 5) is 9.95. The highest BCUT2D eigenvalue weighted by molar-refractivity contribution is 5.82. The summed E-state index contributed by atoms with van der Waals surface area (Å²) < 4.78 is 99.0. The van der Waals surface area contributed by atoms with Crippen LogP contribution >= 0.6 is 0 Å². The molecule has 1 aliphatic rings. The molecule has 0 saturated carbocycles. The van der Waals surface area contributed by atoms with Gasteiger partial charge >= 0.3 is 18.0 Å². The van der Waals surface area contributed by atoms with E-state index < -0.39 is 72.0 Å². The zero-order valence-corrected chi connectivity index (χ0v) is 13.9. The van der Waals surface area contributed by atoms with Gasteiger partial charge in [0.05, 0.1) is 6.61 Å². The molecule has 1 fully saturated rings. The molecule has 16 heteroatoms. The third-order valence-electron chi connectivity index (χ3n) is 4.31. The van der Waals surface area contributed by atoms with E-state index in [1.165, 1.54) is 0 Å². The Labute approximate surface area is 155 Å². The molecule has 1 aliphatic heterocycles. The highest BCUT2D eigenvalue weighted by Gasteiger charge is 2.75. The van der Waals surface area contributed by atoms with Crippen LogP contribution in [0.25, 0.3) is 11.2 Å². The first-order chi connectivity index (χ1) is 13.3. The monoisotopic (exact) mass is 435 g/mol. The number of aliphatic hydroxyl groups is 3. The Morgan fingerprint density at radius 2 is 1.69 bits per heavy atom. The number of aliphatic hydroxyl groups excluding tert-OH is 3. The maximum absolute atomic E-state index is 14.4. The Morgan fingerprint density at radius 3 is 2.21 bits per heavy atom. The number of nitrogen functional groups attached to an aromatic ring is 1. The van der Waals surface area contributed by atoms with Crippen molar-refractivity contribution in [1.82, 2.24) is 19.5 Å². The number of hydrogen-bond acceptors (Lipinski definition) is 8. The van der Waals surface area contributed by atoms with Gasteiger partial charge in [-0.25, -0.2) is 15.0 Å². The maximum Gasteiger partial charge on any atom is 0.460 e. The molecule has 3 heterocycles. The van der Waals surface area contributed by atoms with Crippen LogP contribution in [0.2, 0.25) is 0 Å². The van der Waals surface area contributed by atoms with Gasteiger partial charge < -0.3 is 25.8 Å². The fourth-order valence-corrected chi connectivity index (χ4v) is 2.80.